The quantitative estimate of drug-likeness (QED) is 0.834. The molecule has 108 valence electrons. The van der Waals surface area contributed by atoms with E-state index in [4.69, 9.17) is 0 Å². The van der Waals surface area contributed by atoms with Crippen molar-refractivity contribution in [2.45, 2.75) is 0 Å². The molecule has 0 amide bonds. The number of ketones is 2. The molecule has 0 saturated carbocycles. The summed E-state index contributed by atoms with van der Waals surface area (Å²) in [5.74, 6) is -2.81. The highest BCUT2D eigenvalue weighted by Crippen LogP contribution is 2.33. The minimum absolute atomic E-state index is 0.178. The summed E-state index contributed by atoms with van der Waals surface area (Å²) < 4.78 is 0. The van der Waals surface area contributed by atoms with Crippen molar-refractivity contribution in [3.8, 4) is 0 Å². The fourth-order valence-corrected chi connectivity index (χ4v) is 2.42. The molecule has 2 aromatic rings. The highest BCUT2D eigenvalue weighted by molar-refractivity contribution is 6.46. The van der Waals surface area contributed by atoms with Crippen LogP contribution in [0.15, 0.2) is 72.2 Å². The Bertz CT molecular complexity index is 743. The molecule has 0 fully saturated rings. The van der Waals surface area contributed by atoms with Gasteiger partial charge in [0.15, 0.2) is 11.5 Å². The fraction of sp³-hybridized carbons (Fsp3) is 0. The van der Waals surface area contributed by atoms with Crippen LogP contribution >= 0.6 is 0 Å². The van der Waals surface area contributed by atoms with Crippen molar-refractivity contribution in [2.75, 3.05) is 0 Å². The lowest BCUT2D eigenvalue weighted by molar-refractivity contribution is -0.116. The smallest absolute Gasteiger partial charge is 0.232 e. The Kier molecular flexibility index (Phi) is 3.35. The second-order valence-electron chi connectivity index (χ2n) is 4.84. The summed E-state index contributed by atoms with van der Waals surface area (Å²) in [7, 11) is 0. The lowest BCUT2D eigenvalue weighted by Gasteiger charge is -2.18. The summed E-state index contributed by atoms with van der Waals surface area (Å²) in [5.41, 5.74) is 0.416. The van der Waals surface area contributed by atoms with Gasteiger partial charge in [0, 0.05) is 0 Å². The Morgan fingerprint density at radius 2 is 0.864 bits per heavy atom. The van der Waals surface area contributed by atoms with E-state index in [2.05, 4.69) is 0 Å². The number of rotatable bonds is 2. The van der Waals surface area contributed by atoms with E-state index in [9.17, 15) is 19.8 Å². The SMILES string of the molecule is O=C1C(O)=C(c2ccccc2)C(=O)C(O)=C1c1ccccc1. The molecule has 0 aromatic heterocycles. The summed E-state index contributed by atoms with van der Waals surface area (Å²) in [6.07, 6.45) is 0. The summed E-state index contributed by atoms with van der Waals surface area (Å²) in [6.45, 7) is 0. The topological polar surface area (TPSA) is 74.6 Å². The minimum Gasteiger partial charge on any atom is -0.504 e. The van der Waals surface area contributed by atoms with Gasteiger partial charge in [-0.05, 0) is 11.1 Å². The molecule has 0 radical (unpaired) electrons. The van der Waals surface area contributed by atoms with E-state index in [1.165, 1.54) is 0 Å². The Labute approximate surface area is 126 Å². The summed E-state index contributed by atoms with van der Waals surface area (Å²) in [5, 5.41) is 20.3. The first-order valence-corrected chi connectivity index (χ1v) is 6.68. The van der Waals surface area contributed by atoms with Crippen LogP contribution in [0.4, 0.5) is 0 Å². The molecule has 0 atom stereocenters. The van der Waals surface area contributed by atoms with E-state index in [-0.39, 0.29) is 11.1 Å². The van der Waals surface area contributed by atoms with Gasteiger partial charge in [-0.3, -0.25) is 9.59 Å². The fourth-order valence-electron chi connectivity index (χ4n) is 2.42. The Morgan fingerprint density at radius 1 is 0.545 bits per heavy atom. The van der Waals surface area contributed by atoms with Crippen LogP contribution in [0.25, 0.3) is 11.1 Å². The molecule has 1 aliphatic rings. The van der Waals surface area contributed by atoms with Crippen molar-refractivity contribution in [2.24, 2.45) is 0 Å². The van der Waals surface area contributed by atoms with Crippen molar-refractivity contribution < 1.29 is 19.8 Å². The van der Waals surface area contributed by atoms with Crippen molar-refractivity contribution in [1.29, 1.82) is 0 Å². The predicted molar refractivity (Wildman–Crippen MR) is 82.0 cm³/mol. The molecule has 3 rings (SSSR count). The number of carbonyl (C=O) groups is 2. The van der Waals surface area contributed by atoms with Crippen LogP contribution in [-0.2, 0) is 9.59 Å². The monoisotopic (exact) mass is 292 g/mol. The number of benzene rings is 2. The van der Waals surface area contributed by atoms with Gasteiger partial charge in [-0.1, -0.05) is 60.7 Å². The average Bonchev–Trinajstić information content (AvgIpc) is 2.55. The van der Waals surface area contributed by atoms with Gasteiger partial charge >= 0.3 is 0 Å². The van der Waals surface area contributed by atoms with Crippen molar-refractivity contribution in [3.63, 3.8) is 0 Å². The van der Waals surface area contributed by atoms with Crippen LogP contribution < -0.4 is 0 Å². The maximum atomic E-state index is 12.4. The molecule has 4 heteroatoms. The van der Waals surface area contributed by atoms with Crippen LogP contribution in [0, 0.1) is 0 Å². The van der Waals surface area contributed by atoms with Crippen LogP contribution in [-0.4, -0.2) is 21.8 Å². The third-order valence-corrected chi connectivity index (χ3v) is 3.48. The Morgan fingerprint density at radius 3 is 1.18 bits per heavy atom. The van der Waals surface area contributed by atoms with Crippen LogP contribution in [0.2, 0.25) is 0 Å². The third-order valence-electron chi connectivity index (χ3n) is 3.48. The van der Waals surface area contributed by atoms with Crippen LogP contribution in [0.3, 0.4) is 0 Å². The molecule has 0 bridgehead atoms. The molecule has 22 heavy (non-hydrogen) atoms. The third kappa shape index (κ3) is 2.11. The first kappa shape index (κ1) is 13.8. The van der Waals surface area contributed by atoms with E-state index in [1.54, 1.807) is 60.7 Å². The van der Waals surface area contributed by atoms with Gasteiger partial charge in [0.1, 0.15) is 0 Å². The molecular formula is C18H12O4. The van der Waals surface area contributed by atoms with Crippen molar-refractivity contribution in [1.82, 2.24) is 0 Å². The number of Topliss-reactive ketones (excluding diaryl/α,β-unsaturated/α-hetero) is 2. The van der Waals surface area contributed by atoms with Crippen LogP contribution in [0.5, 0.6) is 0 Å². The van der Waals surface area contributed by atoms with Crippen LogP contribution in [0.1, 0.15) is 11.1 Å². The normalized spacial score (nSPS) is 15.5. The zero-order valence-electron chi connectivity index (χ0n) is 11.5. The highest BCUT2D eigenvalue weighted by atomic mass is 16.3. The standard InChI is InChI=1S/C18H12O4/c19-15-13(11-7-3-1-4-8-11)16(20)18(22)14(17(15)21)12-9-5-2-6-10-12/h1-10,19,22H. The van der Waals surface area contributed by atoms with Gasteiger partial charge in [-0.15, -0.1) is 0 Å². The average molecular weight is 292 g/mol. The molecule has 4 nitrogen and oxygen atoms in total. The lowest BCUT2D eigenvalue weighted by atomic mass is 9.86. The summed E-state index contributed by atoms with van der Waals surface area (Å²) >= 11 is 0. The van der Waals surface area contributed by atoms with Gasteiger partial charge in [0.25, 0.3) is 0 Å². The molecule has 0 spiro atoms. The largest absolute Gasteiger partial charge is 0.504 e. The van der Waals surface area contributed by atoms with E-state index in [0.29, 0.717) is 11.1 Å². The van der Waals surface area contributed by atoms with E-state index < -0.39 is 23.1 Å². The number of hydrogen-bond acceptors (Lipinski definition) is 4. The summed E-state index contributed by atoms with van der Waals surface area (Å²) in [4.78, 5) is 24.8. The number of carbonyl (C=O) groups excluding carboxylic acids is 2. The molecule has 0 heterocycles. The van der Waals surface area contributed by atoms with Gasteiger partial charge in [-0.2, -0.15) is 0 Å². The van der Waals surface area contributed by atoms with Crippen molar-refractivity contribution in [3.05, 3.63) is 83.3 Å². The predicted octanol–water partition coefficient (Wildman–Crippen LogP) is 3.08. The van der Waals surface area contributed by atoms with Gasteiger partial charge in [0.05, 0.1) is 11.1 Å². The van der Waals surface area contributed by atoms with E-state index >= 15 is 0 Å². The molecule has 1 aliphatic carbocycles. The second-order valence-corrected chi connectivity index (χ2v) is 4.84. The molecule has 2 aromatic carbocycles. The zero-order valence-corrected chi connectivity index (χ0v) is 11.5. The first-order valence-electron chi connectivity index (χ1n) is 6.68. The number of aliphatic hydroxyl groups is 2. The number of aliphatic hydroxyl groups excluding tert-OH is 2. The maximum absolute atomic E-state index is 12.4. The zero-order chi connectivity index (χ0) is 15.7. The Hall–Kier alpha value is -3.14. The molecule has 0 saturated heterocycles. The Balaban J connectivity index is 2.16. The second kappa shape index (κ2) is 5.33. The van der Waals surface area contributed by atoms with Gasteiger partial charge in [-0.25, -0.2) is 0 Å². The molecule has 0 unspecified atom stereocenters. The number of hydrogen-bond donors (Lipinski definition) is 2. The molecule has 0 aliphatic heterocycles. The molecular weight excluding hydrogens is 280 g/mol. The van der Waals surface area contributed by atoms with E-state index in [0.717, 1.165) is 0 Å². The van der Waals surface area contributed by atoms with E-state index in [1.807, 2.05) is 0 Å². The maximum Gasteiger partial charge on any atom is 0.232 e. The summed E-state index contributed by atoms with van der Waals surface area (Å²) in [6, 6.07) is 16.6. The molecule has 2 N–H and O–H groups in total. The van der Waals surface area contributed by atoms with Crippen molar-refractivity contribution >= 4 is 22.7 Å². The van der Waals surface area contributed by atoms with Gasteiger partial charge < -0.3 is 10.2 Å². The minimum atomic E-state index is -0.762. The highest BCUT2D eigenvalue weighted by Gasteiger charge is 2.36. The lowest BCUT2D eigenvalue weighted by Crippen LogP contribution is -2.22. The number of allylic oxidation sites excluding steroid dienone is 2. The van der Waals surface area contributed by atoms with Gasteiger partial charge in [0.2, 0.25) is 11.6 Å². The first-order chi connectivity index (χ1) is 10.6.